The number of carbonyl (C=O) groups is 4. The molecule has 0 radical (unpaired) electrons. The lowest BCUT2D eigenvalue weighted by atomic mass is 9.84. The zero-order valence-corrected chi connectivity index (χ0v) is 37.0. The summed E-state index contributed by atoms with van der Waals surface area (Å²) < 4.78 is 14.2. The highest BCUT2D eigenvalue weighted by Gasteiger charge is 2.39. The molecule has 1 unspecified atom stereocenters. The van der Waals surface area contributed by atoms with Crippen LogP contribution in [-0.2, 0) is 48.0 Å². The second kappa shape index (κ2) is 18.1. The zero-order chi connectivity index (χ0) is 42.9. The molecule has 2 fully saturated rings. The number of hydrazine groups is 1. The van der Waals surface area contributed by atoms with Gasteiger partial charge in [-0.25, -0.2) is 10.4 Å². The van der Waals surface area contributed by atoms with Crippen molar-refractivity contribution in [2.75, 3.05) is 40.4 Å². The maximum atomic E-state index is 14.5. The minimum absolute atomic E-state index is 0.0939. The van der Waals surface area contributed by atoms with E-state index in [1.165, 1.54) is 21.2 Å². The topological polar surface area (TPSA) is 160 Å². The number of methoxy groups -OCH3 is 1. The molecule has 322 valence electrons. The predicted octanol–water partition coefficient (Wildman–Crippen LogP) is 5.30. The van der Waals surface area contributed by atoms with Crippen molar-refractivity contribution in [3.63, 3.8) is 0 Å². The highest BCUT2D eigenvalue weighted by molar-refractivity contribution is 7.10. The van der Waals surface area contributed by atoms with E-state index in [-0.39, 0.29) is 42.8 Å². The van der Waals surface area contributed by atoms with Crippen LogP contribution in [-0.4, -0.2) is 107 Å². The normalized spacial score (nSPS) is 22.0. The number of hydrogen-bond donors (Lipinski definition) is 3. The molecule has 15 heteroatoms. The van der Waals surface area contributed by atoms with Gasteiger partial charge >= 0.3 is 5.97 Å². The highest BCUT2D eigenvalue weighted by atomic mass is 32.1. The van der Waals surface area contributed by atoms with Crippen LogP contribution < -0.4 is 16.1 Å². The molecule has 0 aliphatic carbocycles. The van der Waals surface area contributed by atoms with E-state index in [0.717, 1.165) is 51.2 Å². The lowest BCUT2D eigenvalue weighted by Crippen LogP contribution is -2.62. The molecule has 3 aromatic heterocycles. The maximum absolute atomic E-state index is 14.5. The fraction of sp³-hybridized carbons (Fsp3) is 0.556. The molecule has 3 amide bonds. The van der Waals surface area contributed by atoms with Crippen molar-refractivity contribution < 1.29 is 28.7 Å². The molecule has 4 aromatic rings. The van der Waals surface area contributed by atoms with Crippen molar-refractivity contribution in [1.82, 2.24) is 40.5 Å². The highest BCUT2D eigenvalue weighted by Crippen LogP contribution is 2.42. The average Bonchev–Trinajstić information content (AvgIpc) is 4.01. The van der Waals surface area contributed by atoms with Gasteiger partial charge in [-0.15, -0.1) is 11.3 Å². The summed E-state index contributed by atoms with van der Waals surface area (Å²) in [6, 6.07) is 7.89. The summed E-state index contributed by atoms with van der Waals surface area (Å²) in [5.74, 6) is -1.75. The summed E-state index contributed by atoms with van der Waals surface area (Å²) in [6.45, 7) is 14.7. The molecule has 3 aliphatic heterocycles. The number of rotatable bonds is 9. The number of cyclic esters (lactones) is 1. The number of carbonyl (C=O) groups excluding carboxylic acids is 4. The predicted molar refractivity (Wildman–Crippen MR) is 232 cm³/mol. The van der Waals surface area contributed by atoms with Gasteiger partial charge in [0.25, 0.3) is 5.91 Å². The molecule has 0 saturated carbocycles. The van der Waals surface area contributed by atoms with Gasteiger partial charge in [0, 0.05) is 79.2 Å². The maximum Gasteiger partial charge on any atom is 0.324 e. The number of esters is 1. The van der Waals surface area contributed by atoms with E-state index in [2.05, 4.69) is 65.7 Å². The molecular formula is C45H60N8O6S. The van der Waals surface area contributed by atoms with Crippen molar-refractivity contribution in [1.29, 1.82) is 0 Å². The molecular weight excluding hydrogens is 781 g/mol. The number of likely N-dealkylation sites (N-methyl/N-ethyl adjacent to an activating group) is 1. The quantitative estimate of drug-likeness (QED) is 0.189. The van der Waals surface area contributed by atoms with Crippen LogP contribution in [0.25, 0.3) is 33.4 Å². The fourth-order valence-electron chi connectivity index (χ4n) is 9.04. The Bertz CT molecular complexity index is 2230. The van der Waals surface area contributed by atoms with Crippen LogP contribution in [0.3, 0.4) is 0 Å². The van der Waals surface area contributed by atoms with Crippen LogP contribution in [0.2, 0.25) is 0 Å². The van der Waals surface area contributed by atoms with Crippen LogP contribution in [0.1, 0.15) is 83.2 Å². The van der Waals surface area contributed by atoms with E-state index < -0.39 is 35.4 Å². The monoisotopic (exact) mass is 840 g/mol. The summed E-state index contributed by atoms with van der Waals surface area (Å²) in [5, 5.41) is 11.5. The van der Waals surface area contributed by atoms with E-state index in [4.69, 9.17) is 19.4 Å². The lowest BCUT2D eigenvalue weighted by molar-refractivity contribution is -0.155. The number of aryl methyl sites for hydroxylation is 1. The van der Waals surface area contributed by atoms with Crippen LogP contribution in [0.4, 0.5) is 0 Å². The molecule has 6 heterocycles. The van der Waals surface area contributed by atoms with Crippen LogP contribution in [0.5, 0.6) is 0 Å². The van der Waals surface area contributed by atoms with Crippen LogP contribution in [0, 0.1) is 17.3 Å². The van der Waals surface area contributed by atoms with Gasteiger partial charge in [0.1, 0.15) is 18.1 Å². The van der Waals surface area contributed by atoms with E-state index >= 15 is 0 Å². The lowest BCUT2D eigenvalue weighted by Gasteiger charge is -2.36. The number of nitrogens with one attached hydrogen (secondary N) is 3. The Hall–Kier alpha value is -4.70. The summed E-state index contributed by atoms with van der Waals surface area (Å²) in [5.41, 5.74) is 9.41. The Morgan fingerprint density at radius 1 is 1.17 bits per heavy atom. The molecule has 7 rings (SSSR count). The minimum atomic E-state index is -1.02. The number of ether oxygens (including phenoxy) is 2. The Labute approximate surface area is 356 Å². The SMILES string of the molecule is CCn1c(-c2cccnc2[C@H](C)OC)c2c3cc(ccc31)-c1csc(n1)C[C@H](NC(=O)C(C(C)C)N(C)C(=O)[C@H]1CCNC1)C(=O)N1CCC[C@H](N1)C(=O)OCC(C)(C)C2. The summed E-state index contributed by atoms with van der Waals surface area (Å²) in [7, 11) is 3.36. The first-order chi connectivity index (χ1) is 28.7. The van der Waals surface area contributed by atoms with Gasteiger partial charge in [0.15, 0.2) is 0 Å². The fourth-order valence-corrected chi connectivity index (χ4v) is 9.89. The van der Waals surface area contributed by atoms with Crippen molar-refractivity contribution in [3.8, 4) is 22.5 Å². The van der Waals surface area contributed by atoms with Gasteiger partial charge in [-0.1, -0.05) is 33.8 Å². The van der Waals surface area contributed by atoms with E-state index in [9.17, 15) is 19.2 Å². The van der Waals surface area contributed by atoms with E-state index in [1.54, 1.807) is 20.4 Å². The van der Waals surface area contributed by atoms with Crippen LogP contribution in [0.15, 0.2) is 41.9 Å². The third kappa shape index (κ3) is 8.86. The van der Waals surface area contributed by atoms with Gasteiger partial charge in [-0.2, -0.15) is 0 Å². The van der Waals surface area contributed by atoms with Gasteiger partial charge in [0.05, 0.1) is 40.7 Å². The molecule has 14 nitrogen and oxygen atoms in total. The first-order valence-corrected chi connectivity index (χ1v) is 22.2. The van der Waals surface area contributed by atoms with E-state index in [0.29, 0.717) is 50.3 Å². The molecule has 3 aliphatic rings. The molecule has 3 N–H and O–H groups in total. The number of benzene rings is 1. The number of fused-ring (bicyclic) bond motifs is 6. The molecule has 1 aromatic carbocycles. The Morgan fingerprint density at radius 2 is 1.97 bits per heavy atom. The molecule has 6 bridgehead atoms. The van der Waals surface area contributed by atoms with Gasteiger partial charge in [0.2, 0.25) is 11.8 Å². The number of hydrogen-bond acceptors (Lipinski definition) is 11. The number of amides is 3. The minimum Gasteiger partial charge on any atom is -0.464 e. The first kappa shape index (κ1) is 43.4. The molecule has 0 spiro atoms. The second-order valence-corrected chi connectivity index (χ2v) is 18.5. The first-order valence-electron chi connectivity index (χ1n) is 21.3. The van der Waals surface area contributed by atoms with Gasteiger partial charge in [-0.05, 0) is 81.8 Å². The molecule has 5 atom stereocenters. The molecule has 2 saturated heterocycles. The summed E-state index contributed by atoms with van der Waals surface area (Å²) in [6.07, 6.45) is 4.04. The number of nitrogens with zero attached hydrogens (tertiary/aromatic N) is 5. The van der Waals surface area contributed by atoms with Crippen molar-refractivity contribution in [3.05, 3.63) is 58.2 Å². The van der Waals surface area contributed by atoms with E-state index in [1.807, 2.05) is 32.2 Å². The Morgan fingerprint density at radius 3 is 2.68 bits per heavy atom. The standard InChI is InChI=1S/C45H60N8O6S/c1-9-52-36-15-14-28-20-31(36)32(40(52)30-12-10-17-47-38(30)27(4)58-8)22-45(5,6)25-59-44(57)33-13-11-19-53(50-33)43(56)34(21-37-48-35(28)24-60-37)49-41(54)39(26(2)3)51(7)42(55)29-16-18-46-23-29/h10,12,14-15,17,20,24,26-27,29,33-34,39,46,50H,9,11,13,16,18-19,21-23,25H2,1-8H3,(H,49,54)/t27-,29-,33-,34-,39?/m0/s1. The second-order valence-electron chi connectivity index (χ2n) is 17.6. The number of aromatic nitrogens is 3. The van der Waals surface area contributed by atoms with Gasteiger partial charge in [-0.3, -0.25) is 29.2 Å². The number of pyridine rings is 1. The number of thiazole rings is 1. The van der Waals surface area contributed by atoms with Crippen molar-refractivity contribution in [2.24, 2.45) is 17.3 Å². The smallest absolute Gasteiger partial charge is 0.324 e. The van der Waals surface area contributed by atoms with Crippen molar-refractivity contribution >= 4 is 45.9 Å². The van der Waals surface area contributed by atoms with Crippen LogP contribution >= 0.6 is 11.3 Å². The largest absolute Gasteiger partial charge is 0.464 e. The summed E-state index contributed by atoms with van der Waals surface area (Å²) in [4.78, 5) is 67.5. The average molecular weight is 841 g/mol. The Kier molecular flexibility index (Phi) is 13.1. The third-order valence-electron chi connectivity index (χ3n) is 12.2. The third-order valence-corrected chi connectivity index (χ3v) is 13.1. The van der Waals surface area contributed by atoms with Gasteiger partial charge < -0.3 is 29.6 Å². The zero-order valence-electron chi connectivity index (χ0n) is 36.2. The summed E-state index contributed by atoms with van der Waals surface area (Å²) >= 11 is 1.43. The van der Waals surface area contributed by atoms with Crippen molar-refractivity contribution in [2.45, 2.75) is 104 Å². The molecule has 60 heavy (non-hydrogen) atoms. The Balaban J connectivity index is 1.30.